The Labute approximate surface area is 97.1 Å². The van der Waals surface area contributed by atoms with Crippen LogP contribution in [0.5, 0.6) is 0 Å². The molecule has 0 bridgehead atoms. The van der Waals surface area contributed by atoms with E-state index in [2.05, 4.69) is 46.5 Å². The molecular weight excluding hydrogens is 200 g/mol. The zero-order valence-electron chi connectivity index (χ0n) is 10.1. The van der Waals surface area contributed by atoms with E-state index >= 15 is 0 Å². The van der Waals surface area contributed by atoms with Crippen LogP contribution in [0.15, 0.2) is 12.1 Å². The average Bonchev–Trinajstić information content (AvgIpc) is 2.39. The van der Waals surface area contributed by atoms with Crippen LogP contribution < -0.4 is 10.2 Å². The van der Waals surface area contributed by atoms with Crippen molar-refractivity contribution in [3.8, 4) is 0 Å². The number of nitrogens with one attached hydrogen (secondary N) is 1. The van der Waals surface area contributed by atoms with Crippen LogP contribution in [-0.2, 0) is 6.42 Å². The molecule has 1 atom stereocenters. The molecule has 1 aliphatic rings. The summed E-state index contributed by atoms with van der Waals surface area (Å²) in [7, 11) is 2.10. The average molecular weight is 220 g/mol. The number of hydrogen-bond acceptors (Lipinski definition) is 4. The van der Waals surface area contributed by atoms with E-state index in [0.717, 1.165) is 31.0 Å². The van der Waals surface area contributed by atoms with E-state index in [1.807, 2.05) is 0 Å². The third-order valence-corrected chi connectivity index (χ3v) is 3.25. The lowest BCUT2D eigenvalue weighted by Gasteiger charge is -2.32. The summed E-state index contributed by atoms with van der Waals surface area (Å²) in [5, 5.41) is 11.9. The van der Waals surface area contributed by atoms with E-state index in [1.54, 1.807) is 0 Å². The van der Waals surface area contributed by atoms with Gasteiger partial charge in [0, 0.05) is 19.6 Å². The van der Waals surface area contributed by atoms with Crippen molar-refractivity contribution in [3.63, 3.8) is 0 Å². The molecule has 0 spiro atoms. The predicted molar refractivity (Wildman–Crippen MR) is 65.7 cm³/mol. The largest absolute Gasteiger partial charge is 0.354 e. The molecule has 0 amide bonds. The van der Waals surface area contributed by atoms with Gasteiger partial charge in [0.1, 0.15) is 0 Å². The highest BCUT2D eigenvalue weighted by atomic mass is 15.3. The Hall–Kier alpha value is -1.16. The third-order valence-electron chi connectivity index (χ3n) is 3.25. The number of piperidine rings is 1. The van der Waals surface area contributed by atoms with E-state index < -0.39 is 0 Å². The van der Waals surface area contributed by atoms with Crippen LogP contribution in [0.3, 0.4) is 0 Å². The van der Waals surface area contributed by atoms with E-state index in [0.29, 0.717) is 6.04 Å². The van der Waals surface area contributed by atoms with Crippen LogP contribution >= 0.6 is 0 Å². The summed E-state index contributed by atoms with van der Waals surface area (Å²) >= 11 is 0. The molecule has 4 heteroatoms. The topological polar surface area (TPSA) is 41.0 Å². The highest BCUT2D eigenvalue weighted by Crippen LogP contribution is 2.15. The second kappa shape index (κ2) is 5.25. The van der Waals surface area contributed by atoms with E-state index in [1.165, 1.54) is 12.8 Å². The molecule has 1 aromatic heterocycles. The van der Waals surface area contributed by atoms with Crippen molar-refractivity contribution in [2.24, 2.45) is 0 Å². The zero-order chi connectivity index (χ0) is 11.4. The molecule has 1 unspecified atom stereocenters. The Morgan fingerprint density at radius 3 is 2.88 bits per heavy atom. The number of aromatic nitrogens is 2. The highest BCUT2D eigenvalue weighted by molar-refractivity contribution is 5.37. The van der Waals surface area contributed by atoms with Crippen molar-refractivity contribution in [2.75, 3.05) is 25.0 Å². The van der Waals surface area contributed by atoms with Gasteiger partial charge in [-0.25, -0.2) is 0 Å². The molecule has 1 fully saturated rings. The number of anilines is 1. The monoisotopic (exact) mass is 220 g/mol. The van der Waals surface area contributed by atoms with Crippen molar-refractivity contribution in [2.45, 2.75) is 32.2 Å². The van der Waals surface area contributed by atoms with E-state index in [4.69, 9.17) is 0 Å². The van der Waals surface area contributed by atoms with Gasteiger partial charge in [-0.2, -0.15) is 5.10 Å². The first-order valence-electron chi connectivity index (χ1n) is 6.07. The summed E-state index contributed by atoms with van der Waals surface area (Å²) in [6.07, 6.45) is 3.43. The lowest BCUT2D eigenvalue weighted by molar-refractivity contribution is 0.442. The lowest BCUT2D eigenvalue weighted by atomic mass is 10.1. The molecule has 0 aromatic carbocycles. The Kier molecular flexibility index (Phi) is 3.72. The summed E-state index contributed by atoms with van der Waals surface area (Å²) < 4.78 is 0. The van der Waals surface area contributed by atoms with Crippen molar-refractivity contribution in [3.05, 3.63) is 17.8 Å². The molecule has 2 rings (SSSR count). The first-order valence-corrected chi connectivity index (χ1v) is 6.07. The minimum atomic E-state index is 0.551. The molecule has 1 aliphatic heterocycles. The Morgan fingerprint density at radius 2 is 2.31 bits per heavy atom. The Balaban J connectivity index is 2.04. The van der Waals surface area contributed by atoms with Gasteiger partial charge in [-0.3, -0.25) is 0 Å². The second-order valence-electron chi connectivity index (χ2n) is 4.35. The fraction of sp³-hybridized carbons (Fsp3) is 0.667. The van der Waals surface area contributed by atoms with E-state index in [-0.39, 0.29) is 0 Å². The maximum Gasteiger partial charge on any atom is 0.151 e. The van der Waals surface area contributed by atoms with Crippen molar-refractivity contribution in [1.82, 2.24) is 15.5 Å². The van der Waals surface area contributed by atoms with Gasteiger partial charge in [-0.15, -0.1) is 5.10 Å². The molecule has 1 saturated heterocycles. The quantitative estimate of drug-likeness (QED) is 0.832. The van der Waals surface area contributed by atoms with Crippen LogP contribution in [0, 0.1) is 0 Å². The zero-order valence-corrected chi connectivity index (χ0v) is 10.1. The van der Waals surface area contributed by atoms with Gasteiger partial charge in [-0.05, 0) is 37.9 Å². The van der Waals surface area contributed by atoms with Gasteiger partial charge in [0.15, 0.2) is 5.82 Å². The van der Waals surface area contributed by atoms with Crippen LogP contribution in [0.25, 0.3) is 0 Å². The number of nitrogens with zero attached hydrogens (tertiary/aromatic N) is 3. The van der Waals surface area contributed by atoms with Gasteiger partial charge in [0.05, 0.1) is 5.69 Å². The van der Waals surface area contributed by atoms with Crippen molar-refractivity contribution < 1.29 is 0 Å². The molecule has 88 valence electrons. The number of likely N-dealkylation sites (N-methyl/N-ethyl adjacent to an activating group) is 1. The minimum absolute atomic E-state index is 0.551. The van der Waals surface area contributed by atoms with Gasteiger partial charge < -0.3 is 10.2 Å². The summed E-state index contributed by atoms with van der Waals surface area (Å²) in [4.78, 5) is 2.23. The van der Waals surface area contributed by atoms with Crippen LogP contribution in [0.1, 0.15) is 25.5 Å². The lowest BCUT2D eigenvalue weighted by Crippen LogP contribution is -2.44. The molecule has 0 saturated carbocycles. The summed E-state index contributed by atoms with van der Waals surface area (Å²) in [5.74, 6) is 0.978. The molecule has 0 aliphatic carbocycles. The van der Waals surface area contributed by atoms with Gasteiger partial charge in [-0.1, -0.05) is 6.92 Å². The SMILES string of the molecule is CCc1ccc(N(C)C2CCCNC2)nn1. The number of hydrogen-bond donors (Lipinski definition) is 1. The summed E-state index contributed by atoms with van der Waals surface area (Å²) in [6.45, 7) is 4.29. The maximum atomic E-state index is 4.27. The van der Waals surface area contributed by atoms with Crippen LogP contribution in [0.2, 0.25) is 0 Å². The third kappa shape index (κ3) is 2.50. The molecular formula is C12H20N4. The predicted octanol–water partition coefficient (Wildman–Crippen LogP) is 1.23. The highest BCUT2D eigenvalue weighted by Gasteiger charge is 2.18. The molecule has 0 radical (unpaired) electrons. The fourth-order valence-electron chi connectivity index (χ4n) is 2.08. The van der Waals surface area contributed by atoms with E-state index in [9.17, 15) is 0 Å². The van der Waals surface area contributed by atoms with Crippen LogP contribution in [0.4, 0.5) is 5.82 Å². The molecule has 4 nitrogen and oxygen atoms in total. The summed E-state index contributed by atoms with van der Waals surface area (Å²) in [5.41, 5.74) is 1.05. The minimum Gasteiger partial charge on any atom is -0.354 e. The molecule has 1 N–H and O–H groups in total. The van der Waals surface area contributed by atoms with Crippen molar-refractivity contribution >= 4 is 5.82 Å². The summed E-state index contributed by atoms with van der Waals surface area (Å²) in [6, 6.07) is 4.69. The molecule has 1 aromatic rings. The second-order valence-corrected chi connectivity index (χ2v) is 4.35. The smallest absolute Gasteiger partial charge is 0.151 e. The fourth-order valence-corrected chi connectivity index (χ4v) is 2.08. The number of rotatable bonds is 3. The maximum absolute atomic E-state index is 4.27. The first-order chi connectivity index (χ1) is 7.81. The van der Waals surface area contributed by atoms with Crippen LogP contribution in [-0.4, -0.2) is 36.4 Å². The Morgan fingerprint density at radius 1 is 1.44 bits per heavy atom. The Bertz CT molecular complexity index is 316. The van der Waals surface area contributed by atoms with Crippen molar-refractivity contribution in [1.29, 1.82) is 0 Å². The standard InChI is InChI=1S/C12H20N4/c1-3-10-6-7-12(15-14-10)16(2)11-5-4-8-13-9-11/h6-7,11,13H,3-5,8-9H2,1-2H3. The number of aryl methyl sites for hydroxylation is 1. The normalized spacial score (nSPS) is 20.8. The molecule has 16 heavy (non-hydrogen) atoms. The molecule has 2 heterocycles. The van der Waals surface area contributed by atoms with Gasteiger partial charge in [0.2, 0.25) is 0 Å². The van der Waals surface area contributed by atoms with Gasteiger partial charge >= 0.3 is 0 Å². The van der Waals surface area contributed by atoms with Gasteiger partial charge in [0.25, 0.3) is 0 Å². The first kappa shape index (κ1) is 11.3.